The van der Waals surface area contributed by atoms with Gasteiger partial charge in [-0.1, -0.05) is 19.3 Å². The molecule has 72 valence electrons. The molecule has 0 aliphatic heterocycles. The monoisotopic (exact) mass is 180 g/mol. The van der Waals surface area contributed by atoms with E-state index < -0.39 is 0 Å². The second-order valence-corrected chi connectivity index (χ2v) is 3.78. The molecule has 2 N–H and O–H groups in total. The molecule has 13 heavy (non-hydrogen) atoms. The van der Waals surface area contributed by atoms with Gasteiger partial charge in [0, 0.05) is 17.8 Å². The summed E-state index contributed by atoms with van der Waals surface area (Å²) < 4.78 is 0. The summed E-state index contributed by atoms with van der Waals surface area (Å²) in [6.07, 6.45) is 8.45. The van der Waals surface area contributed by atoms with Gasteiger partial charge < -0.3 is 10.1 Å². The molecular weight excluding hydrogens is 164 g/mol. The largest absolute Gasteiger partial charge is 0.388 e. The standard InChI is InChI=1S/C10H16N2O/c13-7-10-11-6-9(12-10)8-4-2-1-3-5-8/h6,8,13H,1-5,7H2,(H,11,12). The highest BCUT2D eigenvalue weighted by Gasteiger charge is 2.16. The molecule has 0 spiro atoms. The molecule has 0 atom stereocenters. The van der Waals surface area contributed by atoms with Gasteiger partial charge >= 0.3 is 0 Å². The van der Waals surface area contributed by atoms with Crippen molar-refractivity contribution in [2.75, 3.05) is 0 Å². The third-order valence-corrected chi connectivity index (χ3v) is 2.84. The third kappa shape index (κ3) is 1.91. The second-order valence-electron chi connectivity index (χ2n) is 3.78. The van der Waals surface area contributed by atoms with Crippen LogP contribution in [0.3, 0.4) is 0 Å². The Kier molecular flexibility index (Phi) is 2.64. The van der Waals surface area contributed by atoms with E-state index in [1.54, 1.807) is 0 Å². The Morgan fingerprint density at radius 1 is 1.38 bits per heavy atom. The van der Waals surface area contributed by atoms with E-state index in [2.05, 4.69) is 9.97 Å². The average Bonchev–Trinajstić information content (AvgIpc) is 2.67. The Morgan fingerprint density at radius 2 is 2.15 bits per heavy atom. The zero-order chi connectivity index (χ0) is 9.10. The predicted molar refractivity (Wildman–Crippen MR) is 50.3 cm³/mol. The molecule has 3 nitrogen and oxygen atoms in total. The molecule has 1 heterocycles. The fourth-order valence-electron chi connectivity index (χ4n) is 2.08. The lowest BCUT2D eigenvalue weighted by atomic mass is 9.87. The number of H-pyrrole nitrogens is 1. The first-order valence-electron chi connectivity index (χ1n) is 5.05. The number of aliphatic hydroxyl groups is 1. The molecule has 1 fully saturated rings. The van der Waals surface area contributed by atoms with Gasteiger partial charge in [0.25, 0.3) is 0 Å². The highest BCUT2D eigenvalue weighted by molar-refractivity contribution is 5.07. The van der Waals surface area contributed by atoms with Crippen molar-refractivity contribution < 1.29 is 5.11 Å². The SMILES string of the molecule is OCc1ncc(C2CCCCC2)[nH]1. The zero-order valence-electron chi connectivity index (χ0n) is 7.79. The lowest BCUT2D eigenvalue weighted by Crippen LogP contribution is -2.04. The summed E-state index contributed by atoms with van der Waals surface area (Å²) in [7, 11) is 0. The molecular formula is C10H16N2O. The summed E-state index contributed by atoms with van der Waals surface area (Å²) in [4.78, 5) is 7.28. The van der Waals surface area contributed by atoms with Gasteiger partial charge in [-0.3, -0.25) is 0 Å². The van der Waals surface area contributed by atoms with Crippen molar-refractivity contribution in [2.24, 2.45) is 0 Å². The minimum Gasteiger partial charge on any atom is -0.388 e. The highest BCUT2D eigenvalue weighted by atomic mass is 16.3. The van der Waals surface area contributed by atoms with Gasteiger partial charge in [-0.15, -0.1) is 0 Å². The van der Waals surface area contributed by atoms with E-state index in [0.717, 1.165) is 0 Å². The van der Waals surface area contributed by atoms with Crippen LogP contribution in [0, 0.1) is 0 Å². The van der Waals surface area contributed by atoms with E-state index in [0.29, 0.717) is 11.7 Å². The molecule has 1 aliphatic rings. The van der Waals surface area contributed by atoms with E-state index in [9.17, 15) is 0 Å². The summed E-state index contributed by atoms with van der Waals surface area (Å²) in [5, 5.41) is 8.86. The quantitative estimate of drug-likeness (QED) is 0.730. The van der Waals surface area contributed by atoms with Crippen molar-refractivity contribution in [3.05, 3.63) is 17.7 Å². The number of aromatic nitrogens is 2. The van der Waals surface area contributed by atoms with Gasteiger partial charge in [-0.05, 0) is 12.8 Å². The first-order chi connectivity index (χ1) is 6.40. The van der Waals surface area contributed by atoms with Crippen LogP contribution in [0.4, 0.5) is 0 Å². The number of hydrogen-bond donors (Lipinski definition) is 2. The maximum absolute atomic E-state index is 8.86. The molecule has 1 aliphatic carbocycles. The molecule has 2 rings (SSSR count). The summed E-state index contributed by atoms with van der Waals surface area (Å²) in [5.41, 5.74) is 1.21. The minimum atomic E-state index is 0.0206. The van der Waals surface area contributed by atoms with Gasteiger partial charge in [0.05, 0.1) is 0 Å². The molecule has 0 unspecified atom stereocenters. The minimum absolute atomic E-state index is 0.0206. The van der Waals surface area contributed by atoms with Crippen molar-refractivity contribution in [1.82, 2.24) is 9.97 Å². The Hall–Kier alpha value is -0.830. The van der Waals surface area contributed by atoms with E-state index in [-0.39, 0.29) is 6.61 Å². The number of imidazole rings is 1. The third-order valence-electron chi connectivity index (χ3n) is 2.84. The Balaban J connectivity index is 2.05. The normalized spacial score (nSPS) is 19.2. The first-order valence-corrected chi connectivity index (χ1v) is 5.05. The Labute approximate surface area is 78.2 Å². The van der Waals surface area contributed by atoms with Gasteiger partial charge in [0.15, 0.2) is 0 Å². The van der Waals surface area contributed by atoms with E-state index >= 15 is 0 Å². The molecule has 1 aromatic rings. The average molecular weight is 180 g/mol. The molecule has 0 saturated heterocycles. The maximum atomic E-state index is 8.86. The van der Waals surface area contributed by atoms with Crippen LogP contribution in [0.25, 0.3) is 0 Å². The Bertz CT molecular complexity index is 264. The molecule has 1 aromatic heterocycles. The smallest absolute Gasteiger partial charge is 0.132 e. The number of aliphatic hydroxyl groups excluding tert-OH is 1. The lowest BCUT2D eigenvalue weighted by molar-refractivity contribution is 0.272. The van der Waals surface area contributed by atoms with E-state index in [4.69, 9.17) is 5.11 Å². The van der Waals surface area contributed by atoms with Crippen molar-refractivity contribution in [3.63, 3.8) is 0 Å². The van der Waals surface area contributed by atoms with Crippen molar-refractivity contribution in [2.45, 2.75) is 44.6 Å². The number of aromatic amines is 1. The Morgan fingerprint density at radius 3 is 2.77 bits per heavy atom. The van der Waals surface area contributed by atoms with Crippen LogP contribution in [0.1, 0.15) is 49.5 Å². The lowest BCUT2D eigenvalue weighted by Gasteiger charge is -2.19. The topological polar surface area (TPSA) is 48.9 Å². The summed E-state index contributed by atoms with van der Waals surface area (Å²) in [6, 6.07) is 0. The second kappa shape index (κ2) is 3.92. The van der Waals surface area contributed by atoms with Crippen LogP contribution in [-0.4, -0.2) is 15.1 Å². The number of nitrogens with one attached hydrogen (secondary N) is 1. The first kappa shape index (κ1) is 8.75. The van der Waals surface area contributed by atoms with Crippen LogP contribution < -0.4 is 0 Å². The van der Waals surface area contributed by atoms with Crippen LogP contribution >= 0.6 is 0 Å². The maximum Gasteiger partial charge on any atom is 0.132 e. The summed E-state index contributed by atoms with van der Waals surface area (Å²) in [5.74, 6) is 1.35. The van der Waals surface area contributed by atoms with Gasteiger partial charge in [0.1, 0.15) is 12.4 Å². The van der Waals surface area contributed by atoms with E-state index in [1.807, 2.05) is 6.20 Å². The molecule has 0 radical (unpaired) electrons. The van der Waals surface area contributed by atoms with E-state index in [1.165, 1.54) is 37.8 Å². The van der Waals surface area contributed by atoms with Gasteiger partial charge in [-0.25, -0.2) is 4.98 Å². The highest BCUT2D eigenvalue weighted by Crippen LogP contribution is 2.31. The van der Waals surface area contributed by atoms with Crippen LogP contribution in [0.2, 0.25) is 0 Å². The van der Waals surface area contributed by atoms with Crippen molar-refractivity contribution in [3.8, 4) is 0 Å². The summed E-state index contributed by atoms with van der Waals surface area (Å²) in [6.45, 7) is 0.0206. The molecule has 0 bridgehead atoms. The zero-order valence-corrected chi connectivity index (χ0v) is 7.79. The number of rotatable bonds is 2. The van der Waals surface area contributed by atoms with Crippen molar-refractivity contribution >= 4 is 0 Å². The van der Waals surface area contributed by atoms with Crippen LogP contribution in [0.15, 0.2) is 6.20 Å². The number of nitrogens with zero attached hydrogens (tertiary/aromatic N) is 1. The fraction of sp³-hybridized carbons (Fsp3) is 0.700. The van der Waals surface area contributed by atoms with Crippen LogP contribution in [0.5, 0.6) is 0 Å². The summed E-state index contributed by atoms with van der Waals surface area (Å²) >= 11 is 0. The molecule has 0 amide bonds. The van der Waals surface area contributed by atoms with Crippen LogP contribution in [-0.2, 0) is 6.61 Å². The molecule has 1 saturated carbocycles. The predicted octanol–water partition coefficient (Wildman–Crippen LogP) is 1.95. The molecule has 3 heteroatoms. The molecule has 0 aromatic carbocycles. The van der Waals surface area contributed by atoms with Gasteiger partial charge in [0.2, 0.25) is 0 Å². The fourth-order valence-corrected chi connectivity index (χ4v) is 2.08. The number of hydrogen-bond acceptors (Lipinski definition) is 2. The van der Waals surface area contributed by atoms with Crippen molar-refractivity contribution in [1.29, 1.82) is 0 Å². The van der Waals surface area contributed by atoms with Gasteiger partial charge in [-0.2, -0.15) is 0 Å².